The molecule has 1 aliphatic carbocycles. The second kappa shape index (κ2) is 6.01. The van der Waals surface area contributed by atoms with E-state index in [1.807, 2.05) is 30.3 Å². The van der Waals surface area contributed by atoms with Crippen LogP contribution in [0, 0.1) is 0 Å². The SMILES string of the molecule is O=S(=O)(c1cc(Cl)c(Br)s1)N(Cc1ccccc1)C1CC1. The highest BCUT2D eigenvalue weighted by Crippen LogP contribution is 2.39. The van der Waals surface area contributed by atoms with E-state index in [0.717, 1.165) is 29.7 Å². The largest absolute Gasteiger partial charge is 0.253 e. The van der Waals surface area contributed by atoms with Gasteiger partial charge in [0.05, 0.1) is 8.81 Å². The normalized spacial score (nSPS) is 15.6. The van der Waals surface area contributed by atoms with Gasteiger partial charge in [0, 0.05) is 12.6 Å². The maximum Gasteiger partial charge on any atom is 0.253 e. The first kappa shape index (κ1) is 15.5. The van der Waals surface area contributed by atoms with E-state index in [1.165, 1.54) is 6.07 Å². The molecule has 1 aromatic heterocycles. The Hall–Kier alpha value is -0.400. The lowest BCUT2D eigenvalue weighted by atomic mass is 10.2. The van der Waals surface area contributed by atoms with Gasteiger partial charge in [0.2, 0.25) is 0 Å². The lowest BCUT2D eigenvalue weighted by Crippen LogP contribution is -2.32. The fourth-order valence-corrected chi connectivity index (χ4v) is 6.31. The first-order chi connectivity index (χ1) is 9.98. The molecule has 0 aliphatic heterocycles. The number of sulfonamides is 1. The van der Waals surface area contributed by atoms with Gasteiger partial charge in [-0.15, -0.1) is 11.3 Å². The van der Waals surface area contributed by atoms with E-state index < -0.39 is 10.0 Å². The van der Waals surface area contributed by atoms with Gasteiger partial charge in [-0.2, -0.15) is 4.31 Å². The zero-order valence-electron chi connectivity index (χ0n) is 11.0. The molecule has 7 heteroatoms. The predicted molar refractivity (Wildman–Crippen MR) is 89.2 cm³/mol. The summed E-state index contributed by atoms with van der Waals surface area (Å²) in [7, 11) is -3.50. The quantitative estimate of drug-likeness (QED) is 0.732. The highest BCUT2D eigenvalue weighted by molar-refractivity contribution is 9.11. The number of hydrogen-bond donors (Lipinski definition) is 0. The van der Waals surface area contributed by atoms with Gasteiger partial charge in [0.25, 0.3) is 10.0 Å². The van der Waals surface area contributed by atoms with E-state index in [9.17, 15) is 8.42 Å². The summed E-state index contributed by atoms with van der Waals surface area (Å²) in [4.78, 5) is 0. The van der Waals surface area contributed by atoms with E-state index in [0.29, 0.717) is 19.6 Å². The van der Waals surface area contributed by atoms with Crippen molar-refractivity contribution in [3.63, 3.8) is 0 Å². The van der Waals surface area contributed by atoms with E-state index in [4.69, 9.17) is 11.6 Å². The van der Waals surface area contributed by atoms with Crippen molar-refractivity contribution in [3.8, 4) is 0 Å². The second-order valence-electron chi connectivity index (χ2n) is 4.95. The molecule has 2 aromatic rings. The molecule has 1 aliphatic rings. The molecule has 1 fully saturated rings. The van der Waals surface area contributed by atoms with Crippen LogP contribution < -0.4 is 0 Å². The molecule has 1 aromatic carbocycles. The van der Waals surface area contributed by atoms with E-state index >= 15 is 0 Å². The van der Waals surface area contributed by atoms with Crippen LogP contribution in [0.1, 0.15) is 18.4 Å². The van der Waals surface area contributed by atoms with E-state index in [1.54, 1.807) is 4.31 Å². The number of nitrogens with zero attached hydrogens (tertiary/aromatic N) is 1. The van der Waals surface area contributed by atoms with Crippen LogP contribution in [-0.2, 0) is 16.6 Å². The molecule has 0 N–H and O–H groups in total. The van der Waals surface area contributed by atoms with Crippen LogP contribution in [0.3, 0.4) is 0 Å². The molecule has 1 saturated carbocycles. The minimum absolute atomic E-state index is 0.106. The Morgan fingerprint density at radius 1 is 1.29 bits per heavy atom. The van der Waals surface area contributed by atoms with Crippen LogP contribution in [0.4, 0.5) is 0 Å². The average Bonchev–Trinajstić information content (AvgIpc) is 3.23. The minimum Gasteiger partial charge on any atom is -0.206 e. The van der Waals surface area contributed by atoms with Crippen molar-refractivity contribution in [2.75, 3.05) is 0 Å². The van der Waals surface area contributed by atoms with Crippen LogP contribution in [0.15, 0.2) is 44.4 Å². The average molecular weight is 407 g/mol. The molecular formula is C14H13BrClNO2S2. The van der Waals surface area contributed by atoms with Gasteiger partial charge in [-0.1, -0.05) is 41.9 Å². The summed E-state index contributed by atoms with van der Waals surface area (Å²) in [6.07, 6.45) is 1.85. The maximum absolute atomic E-state index is 12.8. The monoisotopic (exact) mass is 405 g/mol. The summed E-state index contributed by atoms with van der Waals surface area (Å²) in [5, 5.41) is 0.439. The fraction of sp³-hybridized carbons (Fsp3) is 0.286. The smallest absolute Gasteiger partial charge is 0.206 e. The van der Waals surface area contributed by atoms with E-state index in [-0.39, 0.29) is 6.04 Å². The molecule has 0 saturated heterocycles. The van der Waals surface area contributed by atoms with Gasteiger partial charge in [-0.25, -0.2) is 8.42 Å². The van der Waals surface area contributed by atoms with Gasteiger partial charge < -0.3 is 0 Å². The topological polar surface area (TPSA) is 37.4 Å². The number of thiophene rings is 1. The molecule has 0 bridgehead atoms. The molecule has 3 nitrogen and oxygen atoms in total. The Morgan fingerprint density at radius 3 is 2.48 bits per heavy atom. The molecular weight excluding hydrogens is 394 g/mol. The molecule has 3 rings (SSSR count). The third kappa shape index (κ3) is 3.35. The number of rotatable bonds is 5. The Bertz CT molecular complexity index is 722. The van der Waals surface area contributed by atoms with Gasteiger partial charge in [0.15, 0.2) is 0 Å². The molecule has 0 amide bonds. The lowest BCUT2D eigenvalue weighted by molar-refractivity contribution is 0.400. The molecule has 0 spiro atoms. The number of hydrogen-bond acceptors (Lipinski definition) is 3. The zero-order valence-corrected chi connectivity index (χ0v) is 15.0. The first-order valence-corrected chi connectivity index (χ1v) is 9.92. The number of benzene rings is 1. The third-order valence-corrected chi connectivity index (χ3v) is 8.14. The summed E-state index contributed by atoms with van der Waals surface area (Å²) in [5.41, 5.74) is 0.995. The fourth-order valence-electron chi connectivity index (χ4n) is 2.11. The minimum atomic E-state index is -3.50. The standard InChI is InChI=1S/C14H13BrClNO2S2/c15-14-12(16)8-13(20-14)21(18,19)17(11-6-7-11)9-10-4-2-1-3-5-10/h1-5,8,11H,6-7,9H2. The van der Waals surface area contributed by atoms with Gasteiger partial charge in [-0.05, 0) is 40.4 Å². The summed E-state index contributed by atoms with van der Waals surface area (Å²) in [5.74, 6) is 0. The van der Waals surface area contributed by atoms with Crippen molar-refractivity contribution >= 4 is 48.9 Å². The van der Waals surface area contributed by atoms with Crippen LogP contribution in [0.5, 0.6) is 0 Å². The second-order valence-corrected chi connectivity index (χ2v) is 9.85. The highest BCUT2D eigenvalue weighted by atomic mass is 79.9. The first-order valence-electron chi connectivity index (χ1n) is 6.49. The molecule has 0 radical (unpaired) electrons. The Balaban J connectivity index is 1.93. The third-order valence-electron chi connectivity index (χ3n) is 3.32. The van der Waals surface area contributed by atoms with Crippen molar-refractivity contribution in [3.05, 3.63) is 50.8 Å². The lowest BCUT2D eigenvalue weighted by Gasteiger charge is -2.21. The molecule has 0 atom stereocenters. The summed E-state index contributed by atoms with van der Waals surface area (Å²) in [6.45, 7) is 0.404. The molecule has 21 heavy (non-hydrogen) atoms. The Kier molecular flexibility index (Phi) is 4.43. The predicted octanol–water partition coefficient (Wildman–Crippen LogP) is 4.52. The number of halogens is 2. The van der Waals surface area contributed by atoms with Gasteiger partial charge in [0.1, 0.15) is 4.21 Å². The van der Waals surface area contributed by atoms with Crippen molar-refractivity contribution in [2.24, 2.45) is 0 Å². The molecule has 112 valence electrons. The van der Waals surface area contributed by atoms with Crippen LogP contribution in [0.2, 0.25) is 5.02 Å². The Labute approximate surface area is 141 Å². The van der Waals surface area contributed by atoms with Crippen molar-refractivity contribution < 1.29 is 8.42 Å². The summed E-state index contributed by atoms with van der Waals surface area (Å²) in [6, 6.07) is 11.3. The van der Waals surface area contributed by atoms with Crippen LogP contribution in [-0.4, -0.2) is 18.8 Å². The van der Waals surface area contributed by atoms with Crippen molar-refractivity contribution in [1.82, 2.24) is 4.31 Å². The van der Waals surface area contributed by atoms with Gasteiger partial charge in [-0.3, -0.25) is 0 Å². The Morgan fingerprint density at radius 2 is 1.95 bits per heavy atom. The molecule has 0 unspecified atom stereocenters. The van der Waals surface area contributed by atoms with Crippen LogP contribution >= 0.6 is 38.9 Å². The van der Waals surface area contributed by atoms with Gasteiger partial charge >= 0.3 is 0 Å². The highest BCUT2D eigenvalue weighted by Gasteiger charge is 2.39. The maximum atomic E-state index is 12.8. The zero-order chi connectivity index (χ0) is 15.0. The molecule has 1 heterocycles. The van der Waals surface area contributed by atoms with Crippen molar-refractivity contribution in [2.45, 2.75) is 29.6 Å². The van der Waals surface area contributed by atoms with Crippen LogP contribution in [0.25, 0.3) is 0 Å². The van der Waals surface area contributed by atoms with E-state index in [2.05, 4.69) is 15.9 Å². The summed E-state index contributed by atoms with van der Waals surface area (Å²) < 4.78 is 28.2. The summed E-state index contributed by atoms with van der Waals surface area (Å²) >= 11 is 10.4. The van der Waals surface area contributed by atoms with Crippen molar-refractivity contribution in [1.29, 1.82) is 0 Å².